The molecule has 2 aliphatic heterocycles. The Labute approximate surface area is 191 Å². The van der Waals surface area contributed by atoms with Crippen LogP contribution in [0.15, 0.2) is 36.4 Å². The second kappa shape index (κ2) is 8.70. The zero-order valence-electron chi connectivity index (χ0n) is 18.7. The summed E-state index contributed by atoms with van der Waals surface area (Å²) in [6.45, 7) is 2.43. The predicted molar refractivity (Wildman–Crippen MR) is 125 cm³/mol. The van der Waals surface area contributed by atoms with Gasteiger partial charge < -0.3 is 24.6 Å². The predicted octanol–water partition coefficient (Wildman–Crippen LogP) is 3.41. The van der Waals surface area contributed by atoms with Crippen LogP contribution in [0.1, 0.15) is 18.4 Å². The Morgan fingerprint density at radius 2 is 1.88 bits per heavy atom. The van der Waals surface area contributed by atoms with Crippen LogP contribution in [0.25, 0.3) is 10.8 Å². The summed E-state index contributed by atoms with van der Waals surface area (Å²) < 4.78 is 10.8. The number of fused-ring (bicyclic) bond motifs is 2. The Hall–Kier alpha value is -3.66. The fourth-order valence-electron chi connectivity index (χ4n) is 4.44. The van der Waals surface area contributed by atoms with Crippen LogP contribution < -0.4 is 19.7 Å². The maximum Gasteiger partial charge on any atom is 0.270 e. The molecular weight excluding hydrogens is 424 g/mol. The first kappa shape index (κ1) is 21.2. The molecule has 2 aliphatic rings. The number of nitrogens with zero attached hydrogens (tertiary/aromatic N) is 5. The zero-order valence-corrected chi connectivity index (χ0v) is 18.7. The van der Waals surface area contributed by atoms with Crippen molar-refractivity contribution < 1.29 is 14.4 Å². The number of hydrogen-bond donors (Lipinski definition) is 1. The van der Waals surface area contributed by atoms with Crippen LogP contribution in [0.2, 0.25) is 0 Å². The smallest absolute Gasteiger partial charge is 0.270 e. The Kier molecular flexibility index (Phi) is 5.59. The highest BCUT2D eigenvalue weighted by Gasteiger charge is 2.24. The van der Waals surface area contributed by atoms with Crippen LogP contribution >= 0.6 is 0 Å². The van der Waals surface area contributed by atoms with Crippen LogP contribution in [-0.4, -0.2) is 60.0 Å². The number of hydrogen-bond acceptors (Lipinski definition) is 9. The van der Waals surface area contributed by atoms with E-state index in [1.165, 1.54) is 6.07 Å². The number of nitro groups is 1. The summed E-state index contributed by atoms with van der Waals surface area (Å²) in [6, 6.07) is 11.2. The number of benzene rings is 2. The van der Waals surface area contributed by atoms with Gasteiger partial charge in [-0.05, 0) is 50.7 Å². The molecule has 10 heteroatoms. The molecule has 2 aromatic carbocycles. The van der Waals surface area contributed by atoms with E-state index < -0.39 is 0 Å². The summed E-state index contributed by atoms with van der Waals surface area (Å²) in [6.07, 6.45) is 2.07. The van der Waals surface area contributed by atoms with E-state index in [1.54, 1.807) is 12.1 Å². The molecule has 33 heavy (non-hydrogen) atoms. The minimum Gasteiger partial charge on any atom is -0.454 e. The van der Waals surface area contributed by atoms with Crippen molar-refractivity contribution in [2.24, 2.45) is 0 Å². The molecule has 0 radical (unpaired) electrons. The minimum atomic E-state index is -0.385. The van der Waals surface area contributed by atoms with Crippen molar-refractivity contribution in [3.8, 4) is 11.5 Å². The fraction of sp³-hybridized carbons (Fsp3) is 0.391. The van der Waals surface area contributed by atoms with E-state index in [0.717, 1.165) is 48.4 Å². The van der Waals surface area contributed by atoms with Gasteiger partial charge in [0.2, 0.25) is 6.79 Å². The number of nitro benzene ring substituents is 1. The summed E-state index contributed by atoms with van der Waals surface area (Å²) in [4.78, 5) is 15.5. The second-order valence-electron chi connectivity index (χ2n) is 8.58. The van der Waals surface area contributed by atoms with Crippen molar-refractivity contribution in [3.63, 3.8) is 0 Å². The first-order valence-corrected chi connectivity index (χ1v) is 11.0. The first-order chi connectivity index (χ1) is 16.0. The number of rotatable bonds is 6. The van der Waals surface area contributed by atoms with Gasteiger partial charge in [-0.25, -0.2) is 0 Å². The molecule has 3 aromatic rings. The third-order valence-electron chi connectivity index (χ3n) is 6.35. The van der Waals surface area contributed by atoms with E-state index in [9.17, 15) is 10.1 Å². The molecule has 0 amide bonds. The van der Waals surface area contributed by atoms with Gasteiger partial charge >= 0.3 is 0 Å². The summed E-state index contributed by atoms with van der Waals surface area (Å²) >= 11 is 0. The Balaban J connectivity index is 1.44. The van der Waals surface area contributed by atoms with Gasteiger partial charge in [0.15, 0.2) is 23.1 Å². The van der Waals surface area contributed by atoms with E-state index in [2.05, 4.69) is 39.4 Å². The molecule has 1 fully saturated rings. The van der Waals surface area contributed by atoms with Gasteiger partial charge in [0.1, 0.15) is 0 Å². The lowest BCUT2D eigenvalue weighted by atomic mass is 10.0. The highest BCUT2D eigenvalue weighted by molar-refractivity contribution is 5.99. The lowest BCUT2D eigenvalue weighted by molar-refractivity contribution is -0.384. The Morgan fingerprint density at radius 3 is 2.64 bits per heavy atom. The van der Waals surface area contributed by atoms with Gasteiger partial charge in [-0.15, -0.1) is 10.2 Å². The SMILES string of the molecule is CN(C)C1CCN(c2nnc(NCc3ccc4c(c3)OCO4)c3cc([N+](=O)[O-])ccc23)CC1. The quantitative estimate of drug-likeness (QED) is 0.447. The van der Waals surface area contributed by atoms with Crippen molar-refractivity contribution in [3.05, 3.63) is 52.1 Å². The maximum atomic E-state index is 11.4. The van der Waals surface area contributed by atoms with E-state index >= 15 is 0 Å². The Morgan fingerprint density at radius 1 is 1.09 bits per heavy atom. The molecule has 5 rings (SSSR count). The number of piperidine rings is 1. The standard InChI is InChI=1S/C23H26N6O4/c1-27(2)16-7-9-28(10-8-16)23-18-5-4-17(29(30)31)12-19(18)22(25-26-23)24-13-15-3-6-20-21(11-15)33-14-32-20/h3-6,11-12,16H,7-10,13-14H2,1-2H3,(H,24,25). The van der Waals surface area contributed by atoms with Gasteiger partial charge in [-0.3, -0.25) is 10.1 Å². The molecule has 1 aromatic heterocycles. The molecule has 0 aliphatic carbocycles. The van der Waals surface area contributed by atoms with Crippen molar-refractivity contribution in [1.82, 2.24) is 15.1 Å². The lowest BCUT2D eigenvalue weighted by Gasteiger charge is -2.36. The molecule has 0 saturated carbocycles. The molecule has 0 unspecified atom stereocenters. The minimum absolute atomic E-state index is 0.0268. The molecule has 0 bridgehead atoms. The van der Waals surface area contributed by atoms with Crippen LogP contribution in [0.4, 0.5) is 17.3 Å². The molecule has 10 nitrogen and oxygen atoms in total. The number of non-ortho nitro benzene ring substituents is 1. The van der Waals surface area contributed by atoms with Crippen LogP contribution in [-0.2, 0) is 6.54 Å². The maximum absolute atomic E-state index is 11.4. The molecule has 172 valence electrons. The molecule has 1 N–H and O–H groups in total. The number of anilines is 2. The van der Waals surface area contributed by atoms with E-state index in [1.807, 2.05) is 18.2 Å². The van der Waals surface area contributed by atoms with Crippen LogP contribution in [0, 0.1) is 10.1 Å². The first-order valence-electron chi connectivity index (χ1n) is 11.0. The second-order valence-corrected chi connectivity index (χ2v) is 8.58. The van der Waals surface area contributed by atoms with Gasteiger partial charge in [0.25, 0.3) is 5.69 Å². The van der Waals surface area contributed by atoms with E-state index in [0.29, 0.717) is 29.5 Å². The summed E-state index contributed by atoms with van der Waals surface area (Å²) in [5.41, 5.74) is 1.01. The van der Waals surface area contributed by atoms with Gasteiger partial charge in [-0.2, -0.15) is 0 Å². The summed E-state index contributed by atoms with van der Waals surface area (Å²) in [5.74, 6) is 2.71. The van der Waals surface area contributed by atoms with Gasteiger partial charge in [0.05, 0.1) is 4.92 Å². The third kappa shape index (κ3) is 4.21. The average molecular weight is 450 g/mol. The molecule has 1 saturated heterocycles. The molecule has 3 heterocycles. The number of ether oxygens (including phenoxy) is 2. The Bertz CT molecular complexity index is 1190. The van der Waals surface area contributed by atoms with Gasteiger partial charge in [0, 0.05) is 48.6 Å². The van der Waals surface area contributed by atoms with Crippen LogP contribution in [0.3, 0.4) is 0 Å². The van der Waals surface area contributed by atoms with Crippen molar-refractivity contribution in [2.45, 2.75) is 25.4 Å². The third-order valence-corrected chi connectivity index (χ3v) is 6.35. The molecule has 0 atom stereocenters. The van der Waals surface area contributed by atoms with Crippen molar-refractivity contribution in [2.75, 3.05) is 44.2 Å². The molecule has 0 spiro atoms. The largest absolute Gasteiger partial charge is 0.454 e. The lowest BCUT2D eigenvalue weighted by Crippen LogP contribution is -2.42. The monoisotopic (exact) mass is 450 g/mol. The summed E-state index contributed by atoms with van der Waals surface area (Å²) in [5, 5.41) is 25.2. The van der Waals surface area contributed by atoms with Crippen molar-refractivity contribution >= 4 is 28.1 Å². The zero-order chi connectivity index (χ0) is 22.9. The normalized spacial score (nSPS) is 15.9. The average Bonchev–Trinajstić information content (AvgIpc) is 3.30. The number of aromatic nitrogens is 2. The van der Waals surface area contributed by atoms with E-state index in [4.69, 9.17) is 9.47 Å². The number of nitrogens with one attached hydrogen (secondary N) is 1. The van der Waals surface area contributed by atoms with Crippen molar-refractivity contribution in [1.29, 1.82) is 0 Å². The topological polar surface area (TPSA) is 106 Å². The van der Waals surface area contributed by atoms with E-state index in [-0.39, 0.29) is 17.4 Å². The highest BCUT2D eigenvalue weighted by Crippen LogP contribution is 2.35. The van der Waals surface area contributed by atoms with Crippen LogP contribution in [0.5, 0.6) is 11.5 Å². The highest BCUT2D eigenvalue weighted by atomic mass is 16.7. The van der Waals surface area contributed by atoms with Gasteiger partial charge in [-0.1, -0.05) is 6.07 Å². The molecular formula is C23H26N6O4. The fourth-order valence-corrected chi connectivity index (χ4v) is 4.44. The summed E-state index contributed by atoms with van der Waals surface area (Å²) in [7, 11) is 4.21.